The highest BCUT2D eigenvalue weighted by Crippen LogP contribution is 2.31. The Morgan fingerprint density at radius 3 is 2.50 bits per heavy atom. The summed E-state index contributed by atoms with van der Waals surface area (Å²) < 4.78 is 3.36. The van der Waals surface area contributed by atoms with Crippen molar-refractivity contribution in [3.05, 3.63) is 30.3 Å². The molecular formula is C10H13NS. The zero-order valence-electron chi connectivity index (χ0n) is 6.99. The molecule has 0 spiro atoms. The minimum absolute atomic E-state index is 0.852. The predicted molar refractivity (Wildman–Crippen MR) is 55.3 cm³/mol. The van der Waals surface area contributed by atoms with Crippen LogP contribution in [0.2, 0.25) is 0 Å². The first kappa shape index (κ1) is 7.99. The maximum absolute atomic E-state index is 3.36. The molecule has 1 N–H and O–H groups in total. The third-order valence-corrected chi connectivity index (χ3v) is 3.33. The lowest BCUT2D eigenvalue weighted by molar-refractivity contribution is 0.523. The van der Waals surface area contributed by atoms with Crippen LogP contribution in [-0.2, 0) is 0 Å². The van der Waals surface area contributed by atoms with Gasteiger partial charge in [-0.05, 0) is 36.9 Å². The fourth-order valence-corrected chi connectivity index (χ4v) is 2.15. The van der Waals surface area contributed by atoms with Crippen LogP contribution in [0.5, 0.6) is 0 Å². The van der Waals surface area contributed by atoms with Crippen molar-refractivity contribution in [1.29, 1.82) is 0 Å². The molecule has 1 aromatic rings. The van der Waals surface area contributed by atoms with Gasteiger partial charge >= 0.3 is 0 Å². The van der Waals surface area contributed by atoms with Crippen LogP contribution in [0.15, 0.2) is 30.3 Å². The Morgan fingerprint density at radius 1 is 1.17 bits per heavy atom. The minimum atomic E-state index is 0.852. The second kappa shape index (κ2) is 3.85. The van der Waals surface area contributed by atoms with Crippen LogP contribution < -0.4 is 4.72 Å². The second-order valence-electron chi connectivity index (χ2n) is 3.14. The fourth-order valence-electron chi connectivity index (χ4n) is 1.15. The van der Waals surface area contributed by atoms with E-state index in [0.29, 0.717) is 0 Å². The van der Waals surface area contributed by atoms with Gasteiger partial charge in [0.05, 0.1) is 0 Å². The first-order valence-corrected chi connectivity index (χ1v) is 5.30. The molecule has 1 aromatic carbocycles. The van der Waals surface area contributed by atoms with Crippen molar-refractivity contribution < 1.29 is 0 Å². The van der Waals surface area contributed by atoms with Crippen molar-refractivity contribution in [3.8, 4) is 0 Å². The number of rotatable bonds is 3. The Balaban J connectivity index is 1.79. The van der Waals surface area contributed by atoms with Gasteiger partial charge in [-0.2, -0.15) is 0 Å². The Hall–Kier alpha value is -0.630. The van der Waals surface area contributed by atoms with E-state index in [-0.39, 0.29) is 0 Å². The standard InChI is InChI=1S/C10H13NS/c1-2-5-9(6-3-1)11-12-10-7-4-8-10/h1-3,5-6,10-11H,4,7-8H2. The van der Waals surface area contributed by atoms with Crippen LogP contribution in [0.3, 0.4) is 0 Å². The van der Waals surface area contributed by atoms with Gasteiger partial charge in [0.15, 0.2) is 0 Å². The molecule has 1 aliphatic rings. The first-order chi connectivity index (χ1) is 5.95. The summed E-state index contributed by atoms with van der Waals surface area (Å²) in [5, 5.41) is 0.852. The van der Waals surface area contributed by atoms with E-state index in [4.69, 9.17) is 0 Å². The van der Waals surface area contributed by atoms with Gasteiger partial charge in [-0.25, -0.2) is 0 Å². The number of hydrogen-bond acceptors (Lipinski definition) is 2. The molecule has 1 saturated carbocycles. The molecular weight excluding hydrogens is 166 g/mol. The molecule has 2 rings (SSSR count). The molecule has 1 aliphatic carbocycles. The smallest absolute Gasteiger partial charge is 0.0440 e. The Kier molecular flexibility index (Phi) is 2.57. The lowest BCUT2D eigenvalue weighted by Gasteiger charge is -2.24. The molecule has 12 heavy (non-hydrogen) atoms. The molecule has 0 atom stereocenters. The largest absolute Gasteiger partial charge is 0.330 e. The molecule has 2 heteroatoms. The minimum Gasteiger partial charge on any atom is -0.330 e. The van der Waals surface area contributed by atoms with Crippen LogP contribution in [-0.4, -0.2) is 5.25 Å². The van der Waals surface area contributed by atoms with Gasteiger partial charge in [-0.1, -0.05) is 24.6 Å². The predicted octanol–water partition coefficient (Wildman–Crippen LogP) is 3.30. The van der Waals surface area contributed by atoms with E-state index in [1.54, 1.807) is 0 Å². The molecule has 0 saturated heterocycles. The number of nitrogens with one attached hydrogen (secondary N) is 1. The van der Waals surface area contributed by atoms with Gasteiger partial charge in [0.1, 0.15) is 0 Å². The lowest BCUT2D eigenvalue weighted by atomic mass is 10.0. The second-order valence-corrected chi connectivity index (χ2v) is 4.25. The van der Waals surface area contributed by atoms with Crippen molar-refractivity contribution in [2.45, 2.75) is 24.5 Å². The van der Waals surface area contributed by atoms with E-state index in [1.807, 2.05) is 18.0 Å². The van der Waals surface area contributed by atoms with Crippen molar-refractivity contribution in [2.75, 3.05) is 4.72 Å². The highest BCUT2D eigenvalue weighted by atomic mass is 32.2. The molecule has 0 bridgehead atoms. The van der Waals surface area contributed by atoms with Crippen molar-refractivity contribution in [1.82, 2.24) is 0 Å². The number of benzene rings is 1. The van der Waals surface area contributed by atoms with Crippen LogP contribution in [0.1, 0.15) is 19.3 Å². The summed E-state index contributed by atoms with van der Waals surface area (Å²) in [5.41, 5.74) is 1.22. The maximum Gasteiger partial charge on any atom is 0.0440 e. The normalized spacial score (nSPS) is 17.0. The van der Waals surface area contributed by atoms with Crippen molar-refractivity contribution in [3.63, 3.8) is 0 Å². The lowest BCUT2D eigenvalue weighted by Crippen LogP contribution is -2.14. The Morgan fingerprint density at radius 2 is 1.92 bits per heavy atom. The quantitative estimate of drug-likeness (QED) is 0.714. The molecule has 1 nitrogen and oxygen atoms in total. The first-order valence-electron chi connectivity index (χ1n) is 4.42. The zero-order valence-corrected chi connectivity index (χ0v) is 7.81. The van der Waals surface area contributed by atoms with E-state index in [0.717, 1.165) is 5.25 Å². The molecule has 0 aliphatic heterocycles. The van der Waals surface area contributed by atoms with Gasteiger partial charge in [0.25, 0.3) is 0 Å². The fraction of sp³-hybridized carbons (Fsp3) is 0.400. The number of para-hydroxylation sites is 1. The van der Waals surface area contributed by atoms with E-state index in [9.17, 15) is 0 Å². The van der Waals surface area contributed by atoms with E-state index in [1.165, 1.54) is 24.9 Å². The SMILES string of the molecule is c1ccc(NSC2CCC2)cc1. The summed E-state index contributed by atoms with van der Waals surface area (Å²) in [6.07, 6.45) is 4.17. The average molecular weight is 179 g/mol. The maximum atomic E-state index is 3.36. The van der Waals surface area contributed by atoms with Crippen LogP contribution >= 0.6 is 11.9 Å². The van der Waals surface area contributed by atoms with Crippen LogP contribution in [0, 0.1) is 0 Å². The van der Waals surface area contributed by atoms with Gasteiger partial charge < -0.3 is 4.72 Å². The molecule has 0 aromatic heterocycles. The highest BCUT2D eigenvalue weighted by molar-refractivity contribution is 8.01. The summed E-state index contributed by atoms with van der Waals surface area (Å²) in [4.78, 5) is 0. The average Bonchev–Trinajstić information content (AvgIpc) is 2.04. The van der Waals surface area contributed by atoms with Crippen molar-refractivity contribution in [2.24, 2.45) is 0 Å². The van der Waals surface area contributed by atoms with Crippen molar-refractivity contribution >= 4 is 17.6 Å². The monoisotopic (exact) mass is 179 g/mol. The third-order valence-electron chi connectivity index (χ3n) is 2.17. The van der Waals surface area contributed by atoms with E-state index >= 15 is 0 Å². The van der Waals surface area contributed by atoms with E-state index in [2.05, 4.69) is 29.0 Å². The third kappa shape index (κ3) is 1.95. The van der Waals surface area contributed by atoms with Gasteiger partial charge in [-0.3, -0.25) is 0 Å². The molecule has 1 fully saturated rings. The molecule has 0 amide bonds. The summed E-state index contributed by atoms with van der Waals surface area (Å²) in [6, 6.07) is 10.4. The summed E-state index contributed by atoms with van der Waals surface area (Å²) in [5.74, 6) is 0. The van der Waals surface area contributed by atoms with E-state index < -0.39 is 0 Å². The molecule has 0 radical (unpaired) electrons. The molecule has 64 valence electrons. The molecule has 0 unspecified atom stereocenters. The summed E-state index contributed by atoms with van der Waals surface area (Å²) >= 11 is 1.87. The zero-order chi connectivity index (χ0) is 8.23. The topological polar surface area (TPSA) is 12.0 Å². The number of anilines is 1. The Labute approximate surface area is 77.7 Å². The van der Waals surface area contributed by atoms with Gasteiger partial charge in [-0.15, -0.1) is 0 Å². The van der Waals surface area contributed by atoms with Crippen LogP contribution in [0.4, 0.5) is 5.69 Å². The summed E-state index contributed by atoms with van der Waals surface area (Å²) in [7, 11) is 0. The van der Waals surface area contributed by atoms with Crippen LogP contribution in [0.25, 0.3) is 0 Å². The van der Waals surface area contributed by atoms with Gasteiger partial charge in [0.2, 0.25) is 0 Å². The number of hydrogen-bond donors (Lipinski definition) is 1. The highest BCUT2D eigenvalue weighted by Gasteiger charge is 2.17. The summed E-state index contributed by atoms with van der Waals surface area (Å²) in [6.45, 7) is 0. The Bertz CT molecular complexity index is 231. The molecule has 0 heterocycles. The van der Waals surface area contributed by atoms with Gasteiger partial charge in [0, 0.05) is 10.9 Å².